The van der Waals surface area contributed by atoms with E-state index >= 15 is 0 Å². The van der Waals surface area contributed by atoms with Gasteiger partial charge in [-0.25, -0.2) is 4.79 Å². The first-order valence-electron chi connectivity index (χ1n) is 9.41. The highest BCUT2D eigenvalue weighted by Gasteiger charge is 2.50. The van der Waals surface area contributed by atoms with Gasteiger partial charge in [0.25, 0.3) is 5.91 Å². The largest absolute Gasteiger partial charge is 0.452 e. The number of benzene rings is 1. The molecule has 2 aliphatic rings. The SMILES string of the molecule is CC(=O)Nc1cccc(C(=O)OCC(=O)N2C[C@@]3(C)C[C@@H]2CC(C)(C)C3)c1. The summed E-state index contributed by atoms with van der Waals surface area (Å²) in [6.45, 7) is 8.64. The Morgan fingerprint density at radius 2 is 1.96 bits per heavy atom. The third-order valence-corrected chi connectivity index (χ3v) is 5.48. The monoisotopic (exact) mass is 372 g/mol. The molecule has 1 aliphatic heterocycles. The Bertz CT molecular complexity index is 773. The summed E-state index contributed by atoms with van der Waals surface area (Å²) in [4.78, 5) is 38.0. The molecule has 1 N–H and O–H groups in total. The molecule has 0 radical (unpaired) electrons. The second kappa shape index (κ2) is 6.98. The predicted octanol–water partition coefficient (Wildman–Crippen LogP) is 3.23. The van der Waals surface area contributed by atoms with E-state index in [1.807, 2.05) is 4.90 Å². The van der Waals surface area contributed by atoms with Crippen LogP contribution in [-0.2, 0) is 14.3 Å². The lowest BCUT2D eigenvalue weighted by Crippen LogP contribution is -2.39. The second-order valence-electron chi connectivity index (χ2n) is 9.07. The van der Waals surface area contributed by atoms with Gasteiger partial charge in [0.05, 0.1) is 5.56 Å². The van der Waals surface area contributed by atoms with Crippen LogP contribution in [0.1, 0.15) is 57.3 Å². The van der Waals surface area contributed by atoms with Crippen LogP contribution in [0, 0.1) is 10.8 Å². The number of anilines is 1. The zero-order chi connectivity index (χ0) is 19.8. The molecule has 1 saturated heterocycles. The summed E-state index contributed by atoms with van der Waals surface area (Å²) in [5, 5.41) is 2.62. The van der Waals surface area contributed by atoms with Gasteiger partial charge in [-0.1, -0.05) is 26.8 Å². The third kappa shape index (κ3) is 4.49. The minimum absolute atomic E-state index is 0.132. The van der Waals surface area contributed by atoms with Crippen LogP contribution in [0.3, 0.4) is 0 Å². The maximum atomic E-state index is 12.7. The first-order valence-corrected chi connectivity index (χ1v) is 9.41. The van der Waals surface area contributed by atoms with Crippen LogP contribution in [-0.4, -0.2) is 41.9 Å². The number of carbonyl (C=O) groups is 3. The summed E-state index contributed by atoms with van der Waals surface area (Å²) in [5.41, 5.74) is 1.21. The normalized spacial score (nSPS) is 25.8. The fourth-order valence-corrected chi connectivity index (χ4v) is 4.97. The number of likely N-dealkylation sites (tertiary alicyclic amines) is 1. The summed E-state index contributed by atoms with van der Waals surface area (Å²) < 4.78 is 5.25. The Kier molecular flexibility index (Phi) is 5.02. The molecule has 6 nitrogen and oxygen atoms in total. The standard InChI is InChI=1S/C21H28N2O4/c1-14(24)22-16-7-5-6-15(8-16)19(26)27-11-18(25)23-13-21(4)10-17(23)9-20(2,3)12-21/h5-8,17H,9-13H2,1-4H3,(H,22,24)/t17-,21-/m0/s1. The number of hydrogen-bond donors (Lipinski definition) is 1. The lowest BCUT2D eigenvalue weighted by Gasteiger charge is -2.39. The molecule has 0 spiro atoms. The molecule has 27 heavy (non-hydrogen) atoms. The van der Waals surface area contributed by atoms with Crippen LogP contribution in [0.5, 0.6) is 0 Å². The minimum Gasteiger partial charge on any atom is -0.452 e. The van der Waals surface area contributed by atoms with Crippen molar-refractivity contribution in [1.29, 1.82) is 0 Å². The van der Waals surface area contributed by atoms with E-state index in [1.165, 1.54) is 6.92 Å². The average molecular weight is 372 g/mol. The molecular formula is C21H28N2O4. The van der Waals surface area contributed by atoms with Crippen molar-refractivity contribution in [2.24, 2.45) is 10.8 Å². The van der Waals surface area contributed by atoms with Crippen molar-refractivity contribution < 1.29 is 19.1 Å². The molecule has 2 amide bonds. The molecule has 1 saturated carbocycles. The number of ether oxygens (including phenoxy) is 1. The van der Waals surface area contributed by atoms with Gasteiger partial charge in [0.15, 0.2) is 6.61 Å². The second-order valence-corrected chi connectivity index (χ2v) is 9.07. The van der Waals surface area contributed by atoms with Crippen molar-refractivity contribution in [3.63, 3.8) is 0 Å². The molecule has 1 heterocycles. The van der Waals surface area contributed by atoms with Gasteiger partial charge >= 0.3 is 5.97 Å². The summed E-state index contributed by atoms with van der Waals surface area (Å²) in [7, 11) is 0. The van der Waals surface area contributed by atoms with Crippen molar-refractivity contribution in [3.05, 3.63) is 29.8 Å². The maximum Gasteiger partial charge on any atom is 0.338 e. The highest BCUT2D eigenvalue weighted by atomic mass is 16.5. The zero-order valence-corrected chi connectivity index (χ0v) is 16.5. The molecule has 2 bridgehead atoms. The number of nitrogens with one attached hydrogen (secondary N) is 1. The van der Waals surface area contributed by atoms with E-state index in [9.17, 15) is 14.4 Å². The number of carbonyl (C=O) groups excluding carboxylic acids is 3. The highest BCUT2D eigenvalue weighted by Crippen LogP contribution is 2.52. The molecule has 3 rings (SSSR count). The molecule has 0 aromatic heterocycles. The van der Waals surface area contributed by atoms with Gasteiger partial charge in [-0.15, -0.1) is 0 Å². The van der Waals surface area contributed by atoms with Crippen molar-refractivity contribution in [1.82, 2.24) is 4.90 Å². The van der Waals surface area contributed by atoms with Crippen LogP contribution in [0.2, 0.25) is 0 Å². The molecule has 1 aromatic carbocycles. The van der Waals surface area contributed by atoms with Crippen molar-refractivity contribution in [3.8, 4) is 0 Å². The molecule has 2 atom stereocenters. The van der Waals surface area contributed by atoms with E-state index < -0.39 is 5.97 Å². The lowest BCUT2D eigenvalue weighted by atomic mass is 9.65. The molecular weight excluding hydrogens is 344 g/mol. The summed E-state index contributed by atoms with van der Waals surface area (Å²) in [5.74, 6) is -0.913. The zero-order valence-electron chi connectivity index (χ0n) is 16.5. The summed E-state index contributed by atoms with van der Waals surface area (Å²) in [6.07, 6.45) is 3.12. The van der Waals surface area contributed by atoms with Crippen LogP contribution in [0.4, 0.5) is 5.69 Å². The molecule has 146 valence electrons. The predicted molar refractivity (Wildman–Crippen MR) is 102 cm³/mol. The highest BCUT2D eigenvalue weighted by molar-refractivity contribution is 5.94. The number of amides is 2. The number of fused-ring (bicyclic) bond motifs is 2. The average Bonchev–Trinajstić information content (AvgIpc) is 2.81. The quantitative estimate of drug-likeness (QED) is 0.824. The van der Waals surface area contributed by atoms with E-state index in [-0.39, 0.29) is 35.3 Å². The summed E-state index contributed by atoms with van der Waals surface area (Å²) in [6, 6.07) is 6.73. The van der Waals surface area contributed by atoms with E-state index in [4.69, 9.17) is 4.74 Å². The van der Waals surface area contributed by atoms with Crippen LogP contribution in [0.25, 0.3) is 0 Å². The van der Waals surface area contributed by atoms with Crippen molar-refractivity contribution in [2.75, 3.05) is 18.5 Å². The van der Waals surface area contributed by atoms with Crippen LogP contribution >= 0.6 is 0 Å². The number of rotatable bonds is 4. The van der Waals surface area contributed by atoms with Gasteiger partial charge in [0.1, 0.15) is 0 Å². The molecule has 1 aromatic rings. The molecule has 6 heteroatoms. The number of hydrogen-bond acceptors (Lipinski definition) is 4. The smallest absolute Gasteiger partial charge is 0.338 e. The summed E-state index contributed by atoms with van der Waals surface area (Å²) >= 11 is 0. The van der Waals surface area contributed by atoms with Gasteiger partial charge in [-0.3, -0.25) is 9.59 Å². The van der Waals surface area contributed by atoms with Gasteiger partial charge in [0, 0.05) is 25.2 Å². The van der Waals surface area contributed by atoms with E-state index in [1.54, 1.807) is 24.3 Å². The third-order valence-electron chi connectivity index (χ3n) is 5.48. The first kappa shape index (κ1) is 19.4. The lowest BCUT2D eigenvalue weighted by molar-refractivity contribution is -0.135. The van der Waals surface area contributed by atoms with E-state index in [0.29, 0.717) is 11.3 Å². The Labute approximate surface area is 160 Å². The Morgan fingerprint density at radius 3 is 2.67 bits per heavy atom. The van der Waals surface area contributed by atoms with E-state index in [2.05, 4.69) is 26.1 Å². The van der Waals surface area contributed by atoms with Gasteiger partial charge < -0.3 is 15.0 Å². The van der Waals surface area contributed by atoms with Gasteiger partial charge in [-0.2, -0.15) is 0 Å². The van der Waals surface area contributed by atoms with E-state index in [0.717, 1.165) is 25.8 Å². The Morgan fingerprint density at radius 1 is 1.22 bits per heavy atom. The van der Waals surface area contributed by atoms with Gasteiger partial charge in [0.2, 0.25) is 5.91 Å². The number of esters is 1. The maximum absolute atomic E-state index is 12.7. The van der Waals surface area contributed by atoms with Crippen LogP contribution in [0.15, 0.2) is 24.3 Å². The fourth-order valence-electron chi connectivity index (χ4n) is 4.97. The fraction of sp³-hybridized carbons (Fsp3) is 0.571. The topological polar surface area (TPSA) is 75.7 Å². The van der Waals surface area contributed by atoms with Crippen LogP contribution < -0.4 is 5.32 Å². The van der Waals surface area contributed by atoms with Crippen molar-refractivity contribution >= 4 is 23.5 Å². The Balaban J connectivity index is 1.60. The molecule has 0 unspecified atom stereocenters. The number of nitrogens with zero attached hydrogens (tertiary/aromatic N) is 1. The van der Waals surface area contributed by atoms with Crippen molar-refractivity contribution in [2.45, 2.75) is 53.0 Å². The first-order chi connectivity index (χ1) is 12.6. The minimum atomic E-state index is -0.565. The molecule has 2 fully saturated rings. The molecule has 1 aliphatic carbocycles. The van der Waals surface area contributed by atoms with Gasteiger partial charge in [-0.05, 0) is 48.3 Å². The Hall–Kier alpha value is -2.37.